The Morgan fingerprint density at radius 2 is 1.68 bits per heavy atom. The van der Waals surface area contributed by atoms with Crippen molar-refractivity contribution in [1.29, 1.82) is 0 Å². The Bertz CT molecular complexity index is 1570. The minimum Gasteiger partial charge on any atom is -0.348 e. The van der Waals surface area contributed by atoms with Gasteiger partial charge < -0.3 is 14.4 Å². The van der Waals surface area contributed by atoms with Gasteiger partial charge in [-0.3, -0.25) is 0 Å². The molecule has 3 heterocycles. The third-order valence-electron chi connectivity index (χ3n) is 8.00. The van der Waals surface area contributed by atoms with Gasteiger partial charge in [0.2, 0.25) is 5.82 Å². The molecule has 2 aromatic heterocycles. The Labute approximate surface area is 234 Å². The number of nitrogens with zero attached hydrogens (tertiary/aromatic N) is 7. The maximum absolute atomic E-state index is 5.27. The quantitative estimate of drug-likeness (QED) is 0.255. The van der Waals surface area contributed by atoms with E-state index >= 15 is 0 Å². The molecule has 5 aromatic rings. The number of aromatic amines is 1. The van der Waals surface area contributed by atoms with Crippen molar-refractivity contribution >= 4 is 11.5 Å². The summed E-state index contributed by atoms with van der Waals surface area (Å²) in [6.07, 6.45) is 4.72. The Morgan fingerprint density at radius 3 is 2.40 bits per heavy atom. The summed E-state index contributed by atoms with van der Waals surface area (Å²) in [5.74, 6) is 3.78. The van der Waals surface area contributed by atoms with Gasteiger partial charge in [0.1, 0.15) is 5.82 Å². The minimum atomic E-state index is 0.604. The monoisotopic (exact) mass is 530 g/mol. The van der Waals surface area contributed by atoms with Gasteiger partial charge >= 0.3 is 0 Å². The molecule has 202 valence electrons. The molecule has 3 aromatic carbocycles. The van der Waals surface area contributed by atoms with E-state index in [4.69, 9.17) is 4.98 Å². The van der Waals surface area contributed by atoms with Crippen LogP contribution in [0.15, 0.2) is 78.9 Å². The molecule has 0 spiro atoms. The number of fused-ring (bicyclic) bond motifs is 1. The lowest BCUT2D eigenvalue weighted by Gasteiger charge is -2.38. The highest BCUT2D eigenvalue weighted by Gasteiger charge is 2.33. The fourth-order valence-corrected chi connectivity index (χ4v) is 5.78. The summed E-state index contributed by atoms with van der Waals surface area (Å²) in [6, 6.07) is 27.9. The van der Waals surface area contributed by atoms with Crippen LogP contribution < -0.4 is 9.80 Å². The Kier molecular flexibility index (Phi) is 6.51. The van der Waals surface area contributed by atoms with Crippen molar-refractivity contribution < 1.29 is 0 Å². The number of hydrogen-bond acceptors (Lipinski definition) is 6. The molecule has 1 aliphatic carbocycles. The summed E-state index contributed by atoms with van der Waals surface area (Å²) in [5, 5.41) is 14.7. The molecule has 8 nitrogen and oxygen atoms in total. The number of aryl methyl sites for hydroxylation is 1. The van der Waals surface area contributed by atoms with Gasteiger partial charge in [-0.05, 0) is 59.2 Å². The van der Waals surface area contributed by atoms with E-state index in [2.05, 4.69) is 103 Å². The molecule has 2 aliphatic rings. The van der Waals surface area contributed by atoms with E-state index in [0.717, 1.165) is 61.8 Å². The van der Waals surface area contributed by atoms with Crippen LogP contribution in [0.25, 0.3) is 22.5 Å². The van der Waals surface area contributed by atoms with E-state index in [1.54, 1.807) is 0 Å². The first-order valence-corrected chi connectivity index (χ1v) is 14.3. The second kappa shape index (κ2) is 10.6. The number of anilines is 2. The SMILES string of the molecule is CCCc1nc2c(n1Cc1ccc(-c3ccccc3-c3nn[nH]n3)cc1)CN(c1ccccc1)CN2CC1CC1. The number of rotatable bonds is 9. The molecule has 0 unspecified atom stereocenters. The third-order valence-corrected chi connectivity index (χ3v) is 8.00. The first-order valence-electron chi connectivity index (χ1n) is 14.3. The number of hydrogen-bond donors (Lipinski definition) is 1. The van der Waals surface area contributed by atoms with Gasteiger partial charge in [-0.25, -0.2) is 4.98 Å². The lowest BCUT2D eigenvalue weighted by atomic mass is 9.98. The number of imidazole rings is 1. The summed E-state index contributed by atoms with van der Waals surface area (Å²) in [7, 11) is 0. The second-order valence-corrected chi connectivity index (χ2v) is 11.0. The maximum atomic E-state index is 5.27. The molecule has 1 fully saturated rings. The van der Waals surface area contributed by atoms with Crippen LogP contribution in [0.3, 0.4) is 0 Å². The van der Waals surface area contributed by atoms with E-state index in [1.807, 2.05) is 18.2 Å². The molecule has 1 N–H and O–H groups in total. The smallest absolute Gasteiger partial charge is 0.205 e. The van der Waals surface area contributed by atoms with E-state index in [1.165, 1.54) is 41.4 Å². The van der Waals surface area contributed by atoms with Crippen LogP contribution in [-0.2, 0) is 19.5 Å². The van der Waals surface area contributed by atoms with Gasteiger partial charge in [-0.1, -0.05) is 73.7 Å². The molecule has 0 bridgehead atoms. The molecule has 40 heavy (non-hydrogen) atoms. The van der Waals surface area contributed by atoms with E-state index in [-0.39, 0.29) is 0 Å². The van der Waals surface area contributed by atoms with Crippen LogP contribution in [-0.4, -0.2) is 43.4 Å². The maximum Gasteiger partial charge on any atom is 0.205 e. The normalized spacial score (nSPS) is 14.9. The molecule has 1 aliphatic heterocycles. The van der Waals surface area contributed by atoms with Gasteiger partial charge in [0.05, 0.1) is 18.9 Å². The molecule has 0 saturated heterocycles. The van der Waals surface area contributed by atoms with Crippen molar-refractivity contribution in [2.75, 3.05) is 23.0 Å². The van der Waals surface area contributed by atoms with Crippen molar-refractivity contribution in [1.82, 2.24) is 30.2 Å². The molecular formula is C32H34N8. The Morgan fingerprint density at radius 1 is 0.900 bits per heavy atom. The molecule has 0 radical (unpaired) electrons. The van der Waals surface area contributed by atoms with Crippen LogP contribution in [0.5, 0.6) is 0 Å². The van der Waals surface area contributed by atoms with E-state index in [0.29, 0.717) is 5.82 Å². The first kappa shape index (κ1) is 24.6. The minimum absolute atomic E-state index is 0.604. The van der Waals surface area contributed by atoms with Gasteiger partial charge in [0.25, 0.3) is 0 Å². The highest BCUT2D eigenvalue weighted by atomic mass is 15.5. The average molecular weight is 531 g/mol. The zero-order valence-corrected chi connectivity index (χ0v) is 22.9. The van der Waals surface area contributed by atoms with Crippen LogP contribution in [0.1, 0.15) is 43.3 Å². The van der Waals surface area contributed by atoms with E-state index < -0.39 is 0 Å². The predicted octanol–water partition coefficient (Wildman–Crippen LogP) is 5.93. The molecule has 0 atom stereocenters. The lowest BCUT2D eigenvalue weighted by molar-refractivity contribution is 0.612. The number of para-hydroxylation sites is 1. The molecular weight excluding hydrogens is 496 g/mol. The summed E-state index contributed by atoms with van der Waals surface area (Å²) < 4.78 is 2.48. The molecule has 1 saturated carbocycles. The third kappa shape index (κ3) is 4.85. The number of H-pyrrole nitrogens is 1. The summed E-state index contributed by atoms with van der Waals surface area (Å²) >= 11 is 0. The topological polar surface area (TPSA) is 78.8 Å². The van der Waals surface area contributed by atoms with Crippen LogP contribution in [0.4, 0.5) is 11.5 Å². The largest absolute Gasteiger partial charge is 0.348 e. The van der Waals surface area contributed by atoms with Gasteiger partial charge in [0, 0.05) is 30.8 Å². The van der Waals surface area contributed by atoms with Crippen molar-refractivity contribution in [3.05, 3.63) is 95.9 Å². The fraction of sp³-hybridized carbons (Fsp3) is 0.312. The number of tetrazole rings is 1. The highest BCUT2D eigenvalue weighted by molar-refractivity contribution is 5.80. The standard InChI is InChI=1S/C32H34N8/c1-2-8-30-33-32-29(21-38(26-9-4-3-5-10-26)22-39(32)19-23-13-14-23)40(30)20-24-15-17-25(18-16-24)27-11-6-7-12-28(27)31-34-36-37-35-31/h3-7,9-12,15-18,23H,2,8,13-14,19-22H2,1H3,(H,34,35,36,37). The summed E-state index contributed by atoms with van der Waals surface area (Å²) in [5.41, 5.74) is 7.06. The van der Waals surface area contributed by atoms with Crippen LogP contribution >= 0.6 is 0 Å². The summed E-state index contributed by atoms with van der Waals surface area (Å²) in [6.45, 7) is 5.90. The van der Waals surface area contributed by atoms with E-state index in [9.17, 15) is 0 Å². The molecule has 8 heteroatoms. The Hall–Kier alpha value is -4.46. The number of benzene rings is 3. The van der Waals surface area contributed by atoms with Gasteiger partial charge in [0.15, 0.2) is 5.82 Å². The number of nitrogens with one attached hydrogen (secondary N) is 1. The zero-order valence-electron chi connectivity index (χ0n) is 22.9. The van der Waals surface area contributed by atoms with Gasteiger partial charge in [-0.2, -0.15) is 5.21 Å². The molecule has 0 amide bonds. The van der Waals surface area contributed by atoms with Crippen molar-refractivity contribution in [2.24, 2.45) is 5.92 Å². The van der Waals surface area contributed by atoms with Crippen LogP contribution in [0, 0.1) is 5.92 Å². The van der Waals surface area contributed by atoms with Gasteiger partial charge in [-0.15, -0.1) is 10.2 Å². The molecule has 7 rings (SSSR count). The predicted molar refractivity (Wildman–Crippen MR) is 158 cm³/mol. The average Bonchev–Trinajstić information content (AvgIpc) is 3.51. The highest BCUT2D eigenvalue weighted by Crippen LogP contribution is 2.37. The Balaban J connectivity index is 1.21. The van der Waals surface area contributed by atoms with Crippen molar-refractivity contribution in [3.63, 3.8) is 0 Å². The number of aromatic nitrogens is 6. The van der Waals surface area contributed by atoms with Crippen molar-refractivity contribution in [3.8, 4) is 22.5 Å². The second-order valence-electron chi connectivity index (χ2n) is 11.0. The summed E-state index contributed by atoms with van der Waals surface area (Å²) in [4.78, 5) is 10.3. The first-order chi connectivity index (χ1) is 19.8. The lowest BCUT2D eigenvalue weighted by Crippen LogP contribution is -2.44. The zero-order chi connectivity index (χ0) is 26.9. The fourth-order valence-electron chi connectivity index (χ4n) is 5.78. The van der Waals surface area contributed by atoms with Crippen molar-refractivity contribution in [2.45, 2.75) is 45.7 Å². The van der Waals surface area contributed by atoms with Crippen LogP contribution in [0.2, 0.25) is 0 Å².